The number of benzene rings is 1. The topological polar surface area (TPSA) is 79.8 Å². The molecular formula is C18H29ClIN3O3S. The van der Waals surface area contributed by atoms with Crippen LogP contribution < -0.4 is 10.6 Å². The zero-order valence-electron chi connectivity index (χ0n) is 15.8. The van der Waals surface area contributed by atoms with Crippen molar-refractivity contribution in [2.75, 3.05) is 39.1 Å². The number of sulfone groups is 1. The summed E-state index contributed by atoms with van der Waals surface area (Å²) in [5.41, 5.74) is 1.06. The van der Waals surface area contributed by atoms with E-state index >= 15 is 0 Å². The summed E-state index contributed by atoms with van der Waals surface area (Å²) in [7, 11) is -3.23. The first-order valence-corrected chi connectivity index (χ1v) is 11.2. The highest BCUT2D eigenvalue weighted by Gasteiger charge is 2.42. The van der Waals surface area contributed by atoms with Crippen LogP contribution in [0.3, 0.4) is 0 Å². The molecule has 27 heavy (non-hydrogen) atoms. The molecule has 1 aliphatic rings. The van der Waals surface area contributed by atoms with E-state index in [1.807, 2.05) is 31.2 Å². The Bertz CT molecular complexity index is 722. The number of hydrogen-bond acceptors (Lipinski definition) is 4. The first-order chi connectivity index (χ1) is 12.4. The molecule has 0 aromatic heterocycles. The predicted octanol–water partition coefficient (Wildman–Crippen LogP) is 2.65. The molecule has 0 amide bonds. The Kier molecular flexibility index (Phi) is 10.4. The van der Waals surface area contributed by atoms with Crippen LogP contribution in [0.4, 0.5) is 0 Å². The molecule has 1 aromatic carbocycles. The Labute approximate surface area is 184 Å². The van der Waals surface area contributed by atoms with Crippen molar-refractivity contribution in [1.82, 2.24) is 10.6 Å². The number of ether oxygens (including phenoxy) is 1. The molecule has 2 rings (SSSR count). The van der Waals surface area contributed by atoms with E-state index < -0.39 is 14.6 Å². The van der Waals surface area contributed by atoms with Gasteiger partial charge in [-0.15, -0.1) is 24.0 Å². The van der Waals surface area contributed by atoms with Crippen LogP contribution in [-0.4, -0.2) is 58.2 Å². The summed E-state index contributed by atoms with van der Waals surface area (Å²) in [5.74, 6) is 0.620. The summed E-state index contributed by atoms with van der Waals surface area (Å²) >= 11 is 6.18. The average Bonchev–Trinajstić information content (AvgIpc) is 2.61. The van der Waals surface area contributed by atoms with Crippen LogP contribution >= 0.6 is 35.6 Å². The molecule has 1 aliphatic heterocycles. The third kappa shape index (κ3) is 7.07. The highest BCUT2D eigenvalue weighted by Crippen LogP contribution is 2.29. The fraction of sp³-hybridized carbons (Fsp3) is 0.611. The van der Waals surface area contributed by atoms with Crippen LogP contribution in [0.5, 0.6) is 0 Å². The van der Waals surface area contributed by atoms with Gasteiger partial charge in [0, 0.05) is 37.6 Å². The summed E-state index contributed by atoms with van der Waals surface area (Å²) in [5, 5.41) is 7.18. The van der Waals surface area contributed by atoms with Crippen LogP contribution in [-0.2, 0) is 21.0 Å². The minimum atomic E-state index is -3.23. The van der Waals surface area contributed by atoms with Crippen LogP contribution in [0.1, 0.15) is 25.3 Å². The van der Waals surface area contributed by atoms with Crippen molar-refractivity contribution in [3.05, 3.63) is 34.9 Å². The second kappa shape index (κ2) is 11.4. The number of aliphatic imine (C=N–C) groups is 1. The molecule has 0 aliphatic carbocycles. The van der Waals surface area contributed by atoms with Gasteiger partial charge in [-0.25, -0.2) is 8.42 Å². The summed E-state index contributed by atoms with van der Waals surface area (Å²) < 4.78 is 29.2. The lowest BCUT2D eigenvalue weighted by atomic mass is 9.99. The third-order valence-electron chi connectivity index (χ3n) is 4.70. The number of nitrogens with zero attached hydrogens (tertiary/aromatic N) is 1. The van der Waals surface area contributed by atoms with Gasteiger partial charge in [-0.05, 0) is 37.8 Å². The lowest BCUT2D eigenvalue weighted by Gasteiger charge is -2.34. The van der Waals surface area contributed by atoms with Crippen LogP contribution in [0.2, 0.25) is 5.02 Å². The second-order valence-corrected chi connectivity index (χ2v) is 9.35. The number of guanidine groups is 1. The molecule has 2 N–H and O–H groups in total. The van der Waals surface area contributed by atoms with Gasteiger partial charge >= 0.3 is 0 Å². The van der Waals surface area contributed by atoms with Gasteiger partial charge in [0.15, 0.2) is 15.8 Å². The molecule has 1 fully saturated rings. The molecule has 6 nitrogen and oxygen atoms in total. The number of rotatable bonds is 7. The normalized spacial score (nSPS) is 17.1. The SMILES string of the molecule is CCNC(=NCC1(S(C)(=O)=O)CCOCC1)NCCc1ccccc1Cl.I. The Morgan fingerprint density at radius 2 is 1.93 bits per heavy atom. The van der Waals surface area contributed by atoms with E-state index in [4.69, 9.17) is 16.3 Å². The maximum Gasteiger partial charge on any atom is 0.191 e. The lowest BCUT2D eigenvalue weighted by molar-refractivity contribution is 0.0768. The van der Waals surface area contributed by atoms with E-state index in [2.05, 4.69) is 15.6 Å². The van der Waals surface area contributed by atoms with Crippen molar-refractivity contribution < 1.29 is 13.2 Å². The molecule has 1 saturated heterocycles. The molecule has 0 saturated carbocycles. The number of nitrogens with one attached hydrogen (secondary N) is 2. The lowest BCUT2D eigenvalue weighted by Crippen LogP contribution is -2.47. The van der Waals surface area contributed by atoms with Gasteiger partial charge in [0.05, 0.1) is 11.3 Å². The molecular weight excluding hydrogens is 501 g/mol. The van der Waals surface area contributed by atoms with E-state index in [0.717, 1.165) is 17.0 Å². The van der Waals surface area contributed by atoms with Gasteiger partial charge < -0.3 is 15.4 Å². The van der Waals surface area contributed by atoms with Gasteiger partial charge in [0.1, 0.15) is 0 Å². The van der Waals surface area contributed by atoms with Crippen LogP contribution in [0, 0.1) is 0 Å². The van der Waals surface area contributed by atoms with Gasteiger partial charge in [-0.2, -0.15) is 0 Å². The third-order valence-corrected chi connectivity index (χ3v) is 7.18. The summed E-state index contributed by atoms with van der Waals surface area (Å²) in [6, 6.07) is 7.73. The maximum absolute atomic E-state index is 12.3. The smallest absolute Gasteiger partial charge is 0.191 e. The van der Waals surface area contributed by atoms with Crippen molar-refractivity contribution in [3.63, 3.8) is 0 Å². The first kappa shape index (κ1) is 24.5. The van der Waals surface area contributed by atoms with Crippen LogP contribution in [0.15, 0.2) is 29.3 Å². The molecule has 0 spiro atoms. The van der Waals surface area contributed by atoms with E-state index in [-0.39, 0.29) is 30.5 Å². The standard InChI is InChI=1S/C18H28ClN3O3S.HI/c1-3-20-17(21-11-8-15-6-4-5-7-16(15)19)22-14-18(26(2,23)24)9-12-25-13-10-18;/h4-7H,3,8-14H2,1-2H3,(H2,20,21,22);1H. The second-order valence-electron chi connectivity index (χ2n) is 6.53. The maximum atomic E-state index is 12.3. The van der Waals surface area contributed by atoms with Crippen LogP contribution in [0.25, 0.3) is 0 Å². The molecule has 0 unspecified atom stereocenters. The average molecular weight is 530 g/mol. The van der Waals surface area contributed by atoms with Crippen molar-refractivity contribution in [1.29, 1.82) is 0 Å². The molecule has 1 aromatic rings. The predicted molar refractivity (Wildman–Crippen MR) is 122 cm³/mol. The van der Waals surface area contributed by atoms with Gasteiger partial charge in [-0.1, -0.05) is 29.8 Å². The van der Waals surface area contributed by atoms with Crippen molar-refractivity contribution >= 4 is 51.4 Å². The quantitative estimate of drug-likeness (QED) is 0.323. The molecule has 0 radical (unpaired) electrons. The van der Waals surface area contributed by atoms with Crippen molar-refractivity contribution in [3.8, 4) is 0 Å². The molecule has 0 atom stereocenters. The van der Waals surface area contributed by atoms with Crippen molar-refractivity contribution in [2.24, 2.45) is 4.99 Å². The van der Waals surface area contributed by atoms with Gasteiger partial charge in [0.25, 0.3) is 0 Å². The van der Waals surface area contributed by atoms with Gasteiger partial charge in [-0.3, -0.25) is 4.99 Å². The zero-order chi connectivity index (χ0) is 19.0. The fourth-order valence-electron chi connectivity index (χ4n) is 2.97. The van der Waals surface area contributed by atoms with Gasteiger partial charge in [0.2, 0.25) is 0 Å². The minimum Gasteiger partial charge on any atom is -0.381 e. The Morgan fingerprint density at radius 3 is 2.52 bits per heavy atom. The zero-order valence-corrected chi connectivity index (χ0v) is 19.7. The Balaban J connectivity index is 0.00000364. The molecule has 9 heteroatoms. The Morgan fingerprint density at radius 1 is 1.26 bits per heavy atom. The molecule has 154 valence electrons. The van der Waals surface area contributed by atoms with E-state index in [0.29, 0.717) is 45.1 Å². The van der Waals surface area contributed by atoms with E-state index in [9.17, 15) is 8.42 Å². The minimum absolute atomic E-state index is 0. The van der Waals surface area contributed by atoms with Crippen molar-refractivity contribution in [2.45, 2.75) is 30.9 Å². The summed E-state index contributed by atoms with van der Waals surface area (Å²) in [6.45, 7) is 4.48. The van der Waals surface area contributed by atoms with E-state index in [1.165, 1.54) is 6.26 Å². The molecule has 1 heterocycles. The monoisotopic (exact) mass is 529 g/mol. The largest absolute Gasteiger partial charge is 0.381 e. The summed E-state index contributed by atoms with van der Waals surface area (Å²) in [4.78, 5) is 4.56. The Hall–Kier alpha value is -0.580. The highest BCUT2D eigenvalue weighted by atomic mass is 127. The number of halogens is 2. The highest BCUT2D eigenvalue weighted by molar-refractivity contribution is 14.0. The van der Waals surface area contributed by atoms with E-state index in [1.54, 1.807) is 0 Å². The number of hydrogen-bond donors (Lipinski definition) is 2. The summed E-state index contributed by atoms with van der Waals surface area (Å²) in [6.07, 6.45) is 3.02. The first-order valence-electron chi connectivity index (χ1n) is 8.91. The molecule has 0 bridgehead atoms. The fourth-order valence-corrected chi connectivity index (χ4v) is 4.41.